The van der Waals surface area contributed by atoms with E-state index in [-0.39, 0.29) is 14.9 Å². The van der Waals surface area contributed by atoms with Gasteiger partial charge in [0.15, 0.2) is 8.46 Å². The maximum Gasteiger partial charge on any atom is 0.317 e. The largest absolute Gasteiger partial charge is 0.465 e. The van der Waals surface area contributed by atoms with Crippen molar-refractivity contribution in [2.24, 2.45) is 0 Å². The number of aryl methyl sites for hydroxylation is 2. The maximum absolute atomic E-state index is 11.0. The zero-order valence-electron chi connectivity index (χ0n) is 16.7. The number of hydrogen-bond acceptors (Lipinski definition) is 5. The minimum Gasteiger partial charge on any atom is -0.465 e. The van der Waals surface area contributed by atoms with Crippen LogP contribution >= 0.6 is 8.46 Å². The van der Waals surface area contributed by atoms with Crippen LogP contribution in [0, 0.1) is 13.8 Å². The van der Waals surface area contributed by atoms with E-state index in [2.05, 4.69) is 38.1 Å². The summed E-state index contributed by atoms with van der Waals surface area (Å²) in [5, 5.41) is 0. The molecule has 0 aliphatic rings. The van der Waals surface area contributed by atoms with Crippen molar-refractivity contribution in [3.63, 3.8) is 0 Å². The fraction of sp³-hybridized carbons (Fsp3) is 0.600. The lowest BCUT2D eigenvalue weighted by Gasteiger charge is -2.04. The maximum atomic E-state index is 11.0. The fourth-order valence-corrected chi connectivity index (χ4v) is 1.54. The zero-order chi connectivity index (χ0) is 20.2. The lowest BCUT2D eigenvalue weighted by molar-refractivity contribution is -0.154. The highest BCUT2D eigenvalue weighted by molar-refractivity contribution is 7.22. The van der Waals surface area contributed by atoms with Gasteiger partial charge in [-0.15, -0.1) is 0 Å². The lowest BCUT2D eigenvalue weighted by Crippen LogP contribution is -2.14. The van der Waals surface area contributed by atoms with Gasteiger partial charge in [-0.05, 0) is 37.8 Å². The van der Waals surface area contributed by atoms with Gasteiger partial charge in [0, 0.05) is 6.66 Å². The van der Waals surface area contributed by atoms with Gasteiger partial charge in [-0.2, -0.15) is 0 Å². The molecule has 0 bridgehead atoms. The number of hydrogen-bond donors (Lipinski definition) is 0. The van der Waals surface area contributed by atoms with Gasteiger partial charge in [0.2, 0.25) is 0 Å². The van der Waals surface area contributed by atoms with Crippen molar-refractivity contribution in [3.05, 3.63) is 35.4 Å². The average Bonchev–Trinajstić information content (AvgIpc) is 2.59. The van der Waals surface area contributed by atoms with Gasteiger partial charge < -0.3 is 9.47 Å². The number of benzene rings is 1. The topological polar surface area (TPSA) is 69.7 Å². The monoisotopic (exact) mass is 384 g/mol. The van der Waals surface area contributed by atoms with Crippen LogP contribution < -0.4 is 0 Å². The van der Waals surface area contributed by atoms with E-state index < -0.39 is 11.9 Å². The summed E-state index contributed by atoms with van der Waals surface area (Å²) in [4.78, 5) is 22.1. The number of ether oxygens (including phenoxy) is 2. The molecule has 0 atom stereocenters. The zero-order valence-corrected chi connectivity index (χ0v) is 17.6. The van der Waals surface area contributed by atoms with Crippen molar-refractivity contribution in [2.75, 3.05) is 19.9 Å². The number of carbonyl (C=O) groups is 2. The first-order valence-corrected chi connectivity index (χ1v) is 10.2. The predicted octanol–water partition coefficient (Wildman–Crippen LogP) is 5.27. The predicted molar refractivity (Wildman–Crippen MR) is 106 cm³/mol. The first-order valence-electron chi connectivity index (χ1n) is 8.97. The van der Waals surface area contributed by atoms with Gasteiger partial charge in [-0.3, -0.25) is 14.2 Å². The number of carbonyl (C=O) groups excluding carboxylic acids is 2. The second-order valence-corrected chi connectivity index (χ2v) is 5.96. The Labute approximate surface area is 159 Å². The van der Waals surface area contributed by atoms with Crippen LogP contribution in [0.25, 0.3) is 0 Å². The molecule has 6 heteroatoms. The van der Waals surface area contributed by atoms with Gasteiger partial charge in [-0.25, -0.2) is 0 Å². The molecule has 26 heavy (non-hydrogen) atoms. The van der Waals surface area contributed by atoms with Crippen LogP contribution in [-0.2, 0) is 23.6 Å². The summed E-state index contributed by atoms with van der Waals surface area (Å²) in [6.45, 7) is 10.6. The molecule has 0 aliphatic heterocycles. The molecule has 0 saturated carbocycles. The SMILES string of the molecule is CCCCOC(=O)CC(=O)OCCCC.CP=O.Cc1ccccc1C. The van der Waals surface area contributed by atoms with E-state index >= 15 is 0 Å². The molecule has 0 unspecified atom stereocenters. The van der Waals surface area contributed by atoms with E-state index in [1.807, 2.05) is 13.8 Å². The van der Waals surface area contributed by atoms with Crippen molar-refractivity contribution in [1.82, 2.24) is 0 Å². The summed E-state index contributed by atoms with van der Waals surface area (Å²) >= 11 is 0. The van der Waals surface area contributed by atoms with E-state index in [4.69, 9.17) is 14.0 Å². The van der Waals surface area contributed by atoms with Gasteiger partial charge in [-0.1, -0.05) is 51.0 Å². The molecule has 148 valence electrons. The Kier molecular flexibility index (Phi) is 20.0. The number of rotatable bonds is 8. The second kappa shape index (κ2) is 19.6. The third-order valence-corrected chi connectivity index (χ3v) is 3.24. The van der Waals surface area contributed by atoms with E-state index in [0.29, 0.717) is 13.2 Å². The summed E-state index contributed by atoms with van der Waals surface area (Å²) < 4.78 is 18.5. The van der Waals surface area contributed by atoms with Crippen LogP contribution in [0.4, 0.5) is 0 Å². The molecule has 0 fully saturated rings. The summed E-state index contributed by atoms with van der Waals surface area (Å²) in [5.74, 6) is -0.991. The Bertz CT molecular complexity index is 462. The molecule has 0 aliphatic carbocycles. The third kappa shape index (κ3) is 18.6. The standard InChI is InChI=1S/C11H20O4.C8H10.CH3OP/c1-3-5-7-14-10(12)9-11(13)15-8-6-4-2;1-7-5-3-4-6-8(7)2;1-3-2/h3-9H2,1-2H3;3-6H,1-2H3;1H3. The molecule has 5 nitrogen and oxygen atoms in total. The third-order valence-electron chi connectivity index (χ3n) is 3.24. The van der Waals surface area contributed by atoms with E-state index in [1.54, 1.807) is 6.66 Å². The van der Waals surface area contributed by atoms with Gasteiger partial charge >= 0.3 is 11.9 Å². The average molecular weight is 384 g/mol. The highest BCUT2D eigenvalue weighted by Crippen LogP contribution is 2.02. The molecule has 0 N–H and O–H groups in total. The smallest absolute Gasteiger partial charge is 0.317 e. The summed E-state index contributed by atoms with van der Waals surface area (Å²) in [6.07, 6.45) is 3.32. The molecule has 1 rings (SSSR count). The molecule has 0 amide bonds. The lowest BCUT2D eigenvalue weighted by atomic mass is 10.1. The molecular formula is C20H33O5P. The van der Waals surface area contributed by atoms with Gasteiger partial charge in [0.05, 0.1) is 13.2 Å². The van der Waals surface area contributed by atoms with Crippen molar-refractivity contribution in [2.45, 2.75) is 59.8 Å². The fourth-order valence-electron chi connectivity index (χ4n) is 1.54. The van der Waals surface area contributed by atoms with Crippen LogP contribution in [0.5, 0.6) is 0 Å². The molecule has 0 heterocycles. The minimum atomic E-state index is -0.495. The van der Waals surface area contributed by atoms with Crippen molar-refractivity contribution in [3.8, 4) is 0 Å². The van der Waals surface area contributed by atoms with E-state index in [9.17, 15) is 9.59 Å². The molecule has 0 aromatic heterocycles. The van der Waals surface area contributed by atoms with Crippen molar-refractivity contribution >= 4 is 20.4 Å². The molecule has 1 aromatic carbocycles. The molecule has 0 radical (unpaired) electrons. The highest BCUT2D eigenvalue weighted by atomic mass is 31.1. The van der Waals surface area contributed by atoms with E-state index in [0.717, 1.165) is 25.7 Å². The Morgan fingerprint density at radius 2 is 1.23 bits per heavy atom. The Morgan fingerprint density at radius 1 is 0.885 bits per heavy atom. The van der Waals surface area contributed by atoms with E-state index in [1.165, 1.54) is 11.1 Å². The van der Waals surface area contributed by atoms with Crippen LogP contribution in [-0.4, -0.2) is 31.8 Å². The quantitative estimate of drug-likeness (QED) is 0.264. The number of esters is 2. The summed E-state index contributed by atoms with van der Waals surface area (Å²) in [7, 11) is 0.167. The summed E-state index contributed by atoms with van der Waals surface area (Å²) in [6, 6.07) is 8.36. The van der Waals surface area contributed by atoms with Crippen LogP contribution in [0.15, 0.2) is 24.3 Å². The molecular weight excluding hydrogens is 351 g/mol. The molecule has 0 saturated heterocycles. The van der Waals surface area contributed by atoms with Gasteiger partial charge in [0.1, 0.15) is 6.42 Å². The van der Waals surface area contributed by atoms with Crippen LogP contribution in [0.1, 0.15) is 57.1 Å². The highest BCUT2D eigenvalue weighted by Gasteiger charge is 2.11. The first-order chi connectivity index (χ1) is 12.4. The Balaban J connectivity index is 0. The van der Waals surface area contributed by atoms with Crippen LogP contribution in [0.2, 0.25) is 0 Å². The molecule has 1 aromatic rings. The van der Waals surface area contributed by atoms with Gasteiger partial charge in [0.25, 0.3) is 0 Å². The van der Waals surface area contributed by atoms with Crippen molar-refractivity contribution < 1.29 is 23.6 Å². The summed E-state index contributed by atoms with van der Waals surface area (Å²) in [5.41, 5.74) is 2.74. The first kappa shape index (κ1) is 26.5. The second-order valence-electron chi connectivity index (χ2n) is 5.59. The normalized spacial score (nSPS) is 9.27. The Morgan fingerprint density at radius 3 is 1.50 bits per heavy atom. The van der Waals surface area contributed by atoms with Crippen LogP contribution in [0.3, 0.4) is 0 Å². The Hall–Kier alpha value is -1.74. The minimum absolute atomic E-state index is 0.167. The van der Waals surface area contributed by atoms with Crippen molar-refractivity contribution in [1.29, 1.82) is 0 Å². The molecule has 0 spiro atoms. The number of unbranched alkanes of at least 4 members (excludes halogenated alkanes) is 2.